The summed E-state index contributed by atoms with van der Waals surface area (Å²) in [4.78, 5) is 24.6. The molecule has 0 atom stereocenters. The fraction of sp³-hybridized carbons (Fsp3) is 0.956. The van der Waals surface area contributed by atoms with Crippen LogP contribution in [-0.4, -0.2) is 88.2 Å². The standard InChI is InChI=1S/C45H92N4O2.2BrH/c1-7-9-11-13-15-17-19-21-23-25-27-29-31-36-44(50)46-38-33-40-48(3,4)42-35-43-49(5,6)41-34-39-47-45(51)37-32-30-28-26-24-22-20-18-16-14-12-10-8-2;;/h7-43H2,1-6H3;2*1H. The normalized spacial score (nSPS) is 11.6. The van der Waals surface area contributed by atoms with Gasteiger partial charge < -0.3 is 53.6 Å². The summed E-state index contributed by atoms with van der Waals surface area (Å²) in [6.45, 7) is 10.7. The molecular weight excluding hydrogens is 788 g/mol. The molecule has 0 saturated heterocycles. The highest BCUT2D eigenvalue weighted by Gasteiger charge is 2.19. The Balaban J connectivity index is -0.0000125. The Hall–Kier alpha value is -0.180. The highest BCUT2D eigenvalue weighted by molar-refractivity contribution is 5.76. The molecule has 53 heavy (non-hydrogen) atoms. The van der Waals surface area contributed by atoms with Crippen LogP contribution in [0.15, 0.2) is 0 Å². The molecule has 0 aliphatic rings. The summed E-state index contributed by atoms with van der Waals surface area (Å²) in [6.07, 6.45) is 39.5. The topological polar surface area (TPSA) is 58.2 Å². The van der Waals surface area contributed by atoms with E-state index in [0.717, 1.165) is 73.9 Å². The van der Waals surface area contributed by atoms with E-state index < -0.39 is 0 Å². The molecule has 2 amide bonds. The van der Waals surface area contributed by atoms with Gasteiger partial charge in [-0.25, -0.2) is 0 Å². The predicted molar refractivity (Wildman–Crippen MR) is 224 cm³/mol. The van der Waals surface area contributed by atoms with Crippen molar-refractivity contribution in [2.75, 3.05) is 67.5 Å². The average molecular weight is 883 g/mol. The zero-order chi connectivity index (χ0) is 37.7. The van der Waals surface area contributed by atoms with E-state index in [1.807, 2.05) is 0 Å². The van der Waals surface area contributed by atoms with Gasteiger partial charge in [0.25, 0.3) is 0 Å². The molecule has 0 heterocycles. The monoisotopic (exact) mass is 881 g/mol. The number of amides is 2. The van der Waals surface area contributed by atoms with Crippen LogP contribution in [0.3, 0.4) is 0 Å². The number of hydrogen-bond acceptors (Lipinski definition) is 2. The first-order valence-corrected chi connectivity index (χ1v) is 22.8. The van der Waals surface area contributed by atoms with E-state index in [4.69, 9.17) is 0 Å². The summed E-state index contributed by atoms with van der Waals surface area (Å²) in [6, 6.07) is 0. The molecule has 0 aliphatic heterocycles. The van der Waals surface area contributed by atoms with E-state index in [9.17, 15) is 9.59 Å². The second-order valence-electron chi connectivity index (χ2n) is 17.5. The second kappa shape index (κ2) is 41.5. The highest BCUT2D eigenvalue weighted by Crippen LogP contribution is 2.14. The molecule has 0 spiro atoms. The van der Waals surface area contributed by atoms with E-state index in [1.165, 1.54) is 161 Å². The van der Waals surface area contributed by atoms with Gasteiger partial charge in [0.05, 0.1) is 54.4 Å². The van der Waals surface area contributed by atoms with E-state index in [1.54, 1.807) is 0 Å². The van der Waals surface area contributed by atoms with Gasteiger partial charge in [0.1, 0.15) is 0 Å². The number of nitrogens with zero attached hydrogens (tertiary/aromatic N) is 2. The Morgan fingerprint density at radius 2 is 0.566 bits per heavy atom. The van der Waals surface area contributed by atoms with Crippen molar-refractivity contribution in [1.82, 2.24) is 10.6 Å². The summed E-state index contributed by atoms with van der Waals surface area (Å²) < 4.78 is 2.01. The fourth-order valence-electron chi connectivity index (χ4n) is 7.40. The largest absolute Gasteiger partial charge is 1.00 e. The van der Waals surface area contributed by atoms with Crippen molar-refractivity contribution in [2.24, 2.45) is 0 Å². The Kier molecular flexibility index (Phi) is 44.7. The van der Waals surface area contributed by atoms with Crippen molar-refractivity contribution < 1.29 is 52.5 Å². The maximum Gasteiger partial charge on any atom is 0.219 e. The van der Waals surface area contributed by atoms with Crippen LogP contribution in [0, 0.1) is 0 Å². The van der Waals surface area contributed by atoms with Crippen molar-refractivity contribution in [3.05, 3.63) is 0 Å². The maximum absolute atomic E-state index is 12.3. The van der Waals surface area contributed by atoms with Crippen LogP contribution in [0.1, 0.15) is 213 Å². The van der Waals surface area contributed by atoms with Crippen LogP contribution >= 0.6 is 0 Å². The third-order valence-electron chi connectivity index (χ3n) is 11.1. The Morgan fingerprint density at radius 3 is 0.830 bits per heavy atom. The van der Waals surface area contributed by atoms with Crippen molar-refractivity contribution in [2.45, 2.75) is 213 Å². The molecule has 320 valence electrons. The summed E-state index contributed by atoms with van der Waals surface area (Å²) in [5, 5.41) is 6.33. The molecule has 0 bridgehead atoms. The molecule has 0 fully saturated rings. The van der Waals surface area contributed by atoms with Crippen molar-refractivity contribution in [3.63, 3.8) is 0 Å². The maximum atomic E-state index is 12.3. The van der Waals surface area contributed by atoms with Gasteiger partial charge in [-0.3, -0.25) is 9.59 Å². The first kappa shape index (κ1) is 57.1. The quantitative estimate of drug-likeness (QED) is 0.0631. The zero-order valence-corrected chi connectivity index (χ0v) is 39.8. The number of rotatable bonds is 40. The molecule has 0 rings (SSSR count). The van der Waals surface area contributed by atoms with Crippen LogP contribution in [0.5, 0.6) is 0 Å². The van der Waals surface area contributed by atoms with Gasteiger partial charge in [0.2, 0.25) is 11.8 Å². The number of hydrogen-bond donors (Lipinski definition) is 2. The Morgan fingerprint density at radius 1 is 0.340 bits per heavy atom. The van der Waals surface area contributed by atoms with Crippen LogP contribution in [0.2, 0.25) is 0 Å². The third-order valence-corrected chi connectivity index (χ3v) is 11.1. The minimum atomic E-state index is 0. The van der Waals surface area contributed by atoms with Gasteiger partial charge in [0.15, 0.2) is 0 Å². The first-order valence-electron chi connectivity index (χ1n) is 22.8. The minimum absolute atomic E-state index is 0. The van der Waals surface area contributed by atoms with Crippen LogP contribution in [0.25, 0.3) is 0 Å². The summed E-state index contributed by atoms with van der Waals surface area (Å²) in [5.41, 5.74) is 0. The number of quaternary nitrogens is 2. The smallest absolute Gasteiger partial charge is 0.219 e. The number of carbonyl (C=O) groups excluding carboxylic acids is 2. The number of unbranched alkanes of at least 4 members (excludes halogenated alkanes) is 24. The molecule has 8 heteroatoms. The number of nitrogens with one attached hydrogen (secondary N) is 2. The van der Waals surface area contributed by atoms with E-state index in [-0.39, 0.29) is 45.8 Å². The predicted octanol–water partition coefficient (Wildman–Crippen LogP) is 5.51. The Labute approximate surface area is 353 Å². The van der Waals surface area contributed by atoms with Crippen LogP contribution in [0.4, 0.5) is 0 Å². The third kappa shape index (κ3) is 44.4. The van der Waals surface area contributed by atoms with E-state index >= 15 is 0 Å². The average Bonchev–Trinajstić information content (AvgIpc) is 3.09. The van der Waals surface area contributed by atoms with Gasteiger partial charge in [-0.1, -0.05) is 168 Å². The molecular formula is C45H94Br2N4O2. The molecule has 0 saturated carbocycles. The molecule has 6 nitrogen and oxygen atoms in total. The zero-order valence-electron chi connectivity index (χ0n) is 36.6. The number of halogens is 2. The fourth-order valence-corrected chi connectivity index (χ4v) is 7.40. The van der Waals surface area contributed by atoms with Gasteiger partial charge in [0, 0.05) is 45.2 Å². The first-order chi connectivity index (χ1) is 24.6. The summed E-state index contributed by atoms with van der Waals surface area (Å²) >= 11 is 0. The Bertz CT molecular complexity index is 720. The van der Waals surface area contributed by atoms with Gasteiger partial charge in [-0.05, 0) is 12.8 Å². The lowest BCUT2D eigenvalue weighted by atomic mass is 10.0. The van der Waals surface area contributed by atoms with Crippen LogP contribution in [-0.2, 0) is 9.59 Å². The van der Waals surface area contributed by atoms with E-state index in [2.05, 4.69) is 52.7 Å². The molecule has 2 N–H and O–H groups in total. The second-order valence-corrected chi connectivity index (χ2v) is 17.5. The van der Waals surface area contributed by atoms with Crippen molar-refractivity contribution in [3.8, 4) is 0 Å². The number of carbonyl (C=O) groups is 2. The molecule has 0 aliphatic carbocycles. The summed E-state index contributed by atoms with van der Waals surface area (Å²) in [7, 11) is 9.29. The lowest BCUT2D eigenvalue weighted by Gasteiger charge is -2.33. The van der Waals surface area contributed by atoms with Gasteiger partial charge in [-0.15, -0.1) is 0 Å². The van der Waals surface area contributed by atoms with Crippen molar-refractivity contribution >= 4 is 11.8 Å². The SMILES string of the molecule is CCCCCCCCCCCCCCCC(=O)NCCC[N+](C)(C)CCC[N+](C)(C)CCCNC(=O)CCCCCCCCCCCCCCC.[Br-].[Br-]. The molecule has 0 radical (unpaired) electrons. The summed E-state index contributed by atoms with van der Waals surface area (Å²) in [5.74, 6) is 0.469. The van der Waals surface area contributed by atoms with Gasteiger partial charge >= 0.3 is 0 Å². The van der Waals surface area contributed by atoms with Gasteiger partial charge in [-0.2, -0.15) is 0 Å². The van der Waals surface area contributed by atoms with E-state index in [0.29, 0.717) is 12.8 Å². The lowest BCUT2D eigenvalue weighted by molar-refractivity contribution is -0.909. The molecule has 0 aromatic carbocycles. The molecule has 0 aromatic rings. The van der Waals surface area contributed by atoms with Crippen LogP contribution < -0.4 is 44.6 Å². The molecule has 0 unspecified atom stereocenters. The highest BCUT2D eigenvalue weighted by atomic mass is 79.9. The van der Waals surface area contributed by atoms with Crippen molar-refractivity contribution in [1.29, 1.82) is 0 Å². The molecule has 0 aromatic heterocycles. The lowest BCUT2D eigenvalue weighted by Crippen LogP contribution is -3.00. The minimum Gasteiger partial charge on any atom is -1.00 e.